The maximum absolute atomic E-state index is 5.71. The highest BCUT2D eigenvalue weighted by Gasteiger charge is 2.38. The fourth-order valence-corrected chi connectivity index (χ4v) is 2.75. The maximum atomic E-state index is 5.71. The van der Waals surface area contributed by atoms with Gasteiger partial charge in [0.2, 0.25) is 0 Å². The quantitative estimate of drug-likeness (QED) is 0.840. The van der Waals surface area contributed by atoms with Crippen molar-refractivity contribution >= 4 is 0 Å². The normalized spacial score (nSPS) is 19.3. The third-order valence-corrected chi connectivity index (χ3v) is 4.28. The van der Waals surface area contributed by atoms with Gasteiger partial charge in [0.05, 0.1) is 5.60 Å². The highest BCUT2D eigenvalue weighted by molar-refractivity contribution is 5.18. The first kappa shape index (κ1) is 13.5. The van der Waals surface area contributed by atoms with Crippen LogP contribution in [0.15, 0.2) is 18.3 Å². The molecule has 1 atom stereocenters. The number of aromatic nitrogens is 1. The summed E-state index contributed by atoms with van der Waals surface area (Å²) < 4.78 is 5.71. The number of methoxy groups -OCH3 is 1. The van der Waals surface area contributed by atoms with Crippen LogP contribution in [-0.4, -0.2) is 30.8 Å². The van der Waals surface area contributed by atoms with E-state index in [2.05, 4.69) is 23.3 Å². The Morgan fingerprint density at radius 3 is 2.78 bits per heavy atom. The molecule has 18 heavy (non-hydrogen) atoms. The molecule has 1 fully saturated rings. The maximum Gasteiger partial charge on any atom is 0.0693 e. The Balaban J connectivity index is 1.99. The predicted molar refractivity (Wildman–Crippen MR) is 73.7 cm³/mol. The van der Waals surface area contributed by atoms with E-state index >= 15 is 0 Å². The first-order valence-electron chi connectivity index (χ1n) is 6.82. The Morgan fingerprint density at radius 2 is 2.28 bits per heavy atom. The van der Waals surface area contributed by atoms with Crippen molar-refractivity contribution in [1.82, 2.24) is 10.3 Å². The number of hydrogen-bond acceptors (Lipinski definition) is 3. The number of nitrogens with zero attached hydrogens (tertiary/aromatic N) is 1. The molecule has 0 bridgehead atoms. The standard InChI is InChI=1S/C15H24N2O/c1-12-6-4-9-17-14(12)10-13(16-2)11-15(18-3)7-5-8-15/h4,6,9,13,16H,5,7-8,10-11H2,1-3H3. The minimum absolute atomic E-state index is 0.121. The van der Waals surface area contributed by atoms with Crippen molar-refractivity contribution in [1.29, 1.82) is 0 Å². The molecule has 1 aliphatic rings. The third-order valence-electron chi connectivity index (χ3n) is 4.28. The molecule has 1 unspecified atom stereocenters. The van der Waals surface area contributed by atoms with Gasteiger partial charge in [-0.1, -0.05) is 6.07 Å². The number of hydrogen-bond donors (Lipinski definition) is 1. The molecule has 0 saturated heterocycles. The van der Waals surface area contributed by atoms with Crippen molar-refractivity contribution < 1.29 is 4.74 Å². The molecular weight excluding hydrogens is 224 g/mol. The van der Waals surface area contributed by atoms with Crippen LogP contribution in [-0.2, 0) is 11.2 Å². The van der Waals surface area contributed by atoms with Gasteiger partial charge in [0.15, 0.2) is 0 Å². The molecule has 0 amide bonds. The number of aryl methyl sites for hydroxylation is 1. The van der Waals surface area contributed by atoms with Gasteiger partial charge in [-0.05, 0) is 51.3 Å². The van der Waals surface area contributed by atoms with Gasteiger partial charge in [-0.2, -0.15) is 0 Å². The predicted octanol–water partition coefficient (Wildman–Crippen LogP) is 2.48. The Kier molecular flexibility index (Phi) is 4.36. The highest BCUT2D eigenvalue weighted by atomic mass is 16.5. The Morgan fingerprint density at radius 1 is 1.50 bits per heavy atom. The van der Waals surface area contributed by atoms with Gasteiger partial charge in [0.1, 0.15) is 0 Å². The van der Waals surface area contributed by atoms with Gasteiger partial charge in [-0.15, -0.1) is 0 Å². The summed E-state index contributed by atoms with van der Waals surface area (Å²) in [5, 5.41) is 3.42. The van der Waals surface area contributed by atoms with Crippen molar-refractivity contribution in [3.05, 3.63) is 29.6 Å². The fourth-order valence-electron chi connectivity index (χ4n) is 2.75. The number of pyridine rings is 1. The summed E-state index contributed by atoms with van der Waals surface area (Å²) in [4.78, 5) is 4.48. The van der Waals surface area contributed by atoms with Gasteiger partial charge < -0.3 is 10.1 Å². The van der Waals surface area contributed by atoms with Crippen LogP contribution in [0.4, 0.5) is 0 Å². The molecule has 1 N–H and O–H groups in total. The van der Waals surface area contributed by atoms with E-state index < -0.39 is 0 Å². The minimum atomic E-state index is 0.121. The summed E-state index contributed by atoms with van der Waals surface area (Å²) in [5.41, 5.74) is 2.59. The summed E-state index contributed by atoms with van der Waals surface area (Å²) in [6.07, 6.45) is 7.63. The molecule has 3 heteroatoms. The fraction of sp³-hybridized carbons (Fsp3) is 0.667. The van der Waals surface area contributed by atoms with Crippen molar-refractivity contribution in [3.8, 4) is 0 Å². The molecule has 2 rings (SSSR count). The lowest BCUT2D eigenvalue weighted by molar-refractivity contribution is -0.0830. The molecule has 1 aliphatic carbocycles. The number of rotatable bonds is 6. The van der Waals surface area contributed by atoms with E-state index in [9.17, 15) is 0 Å². The second-order valence-electron chi connectivity index (χ2n) is 5.40. The Labute approximate surface area is 110 Å². The smallest absolute Gasteiger partial charge is 0.0693 e. The second kappa shape index (κ2) is 5.81. The molecule has 1 aromatic rings. The summed E-state index contributed by atoms with van der Waals surface area (Å²) in [5.74, 6) is 0. The van der Waals surface area contributed by atoms with Gasteiger partial charge >= 0.3 is 0 Å². The number of likely N-dealkylation sites (N-methyl/N-ethyl adjacent to an activating group) is 1. The van der Waals surface area contributed by atoms with Crippen molar-refractivity contribution in [2.24, 2.45) is 0 Å². The second-order valence-corrected chi connectivity index (χ2v) is 5.40. The number of ether oxygens (including phenoxy) is 1. The zero-order valence-corrected chi connectivity index (χ0v) is 11.7. The van der Waals surface area contributed by atoms with Crippen LogP contribution in [0.5, 0.6) is 0 Å². The van der Waals surface area contributed by atoms with Gasteiger partial charge in [-0.25, -0.2) is 0 Å². The van der Waals surface area contributed by atoms with Crippen LogP contribution >= 0.6 is 0 Å². The topological polar surface area (TPSA) is 34.2 Å². The van der Waals surface area contributed by atoms with Crippen LogP contribution in [0.1, 0.15) is 36.9 Å². The van der Waals surface area contributed by atoms with Gasteiger partial charge in [0.25, 0.3) is 0 Å². The summed E-state index contributed by atoms with van der Waals surface area (Å²) in [7, 11) is 3.88. The van der Waals surface area contributed by atoms with Crippen molar-refractivity contribution in [3.63, 3.8) is 0 Å². The van der Waals surface area contributed by atoms with E-state index in [-0.39, 0.29) is 5.60 Å². The lowest BCUT2D eigenvalue weighted by Gasteiger charge is -2.42. The zero-order valence-electron chi connectivity index (χ0n) is 11.7. The molecule has 0 aliphatic heterocycles. The molecule has 1 saturated carbocycles. The summed E-state index contributed by atoms with van der Waals surface area (Å²) >= 11 is 0. The van der Waals surface area contributed by atoms with Gasteiger partial charge in [0, 0.05) is 31.5 Å². The van der Waals surface area contributed by atoms with Crippen LogP contribution < -0.4 is 5.32 Å². The minimum Gasteiger partial charge on any atom is -0.378 e. The average molecular weight is 248 g/mol. The molecule has 0 radical (unpaired) electrons. The van der Waals surface area contributed by atoms with E-state index in [1.54, 1.807) is 0 Å². The lowest BCUT2D eigenvalue weighted by Crippen LogP contribution is -2.46. The molecular formula is C15H24N2O. The molecule has 0 aromatic carbocycles. The van der Waals surface area contributed by atoms with E-state index in [0.29, 0.717) is 6.04 Å². The van der Waals surface area contributed by atoms with E-state index in [0.717, 1.165) is 12.8 Å². The van der Waals surface area contributed by atoms with Gasteiger partial charge in [-0.3, -0.25) is 4.98 Å². The SMILES string of the molecule is CNC(Cc1ncccc1C)CC1(OC)CCC1. The molecule has 1 heterocycles. The monoisotopic (exact) mass is 248 g/mol. The molecule has 0 spiro atoms. The van der Waals surface area contributed by atoms with E-state index in [1.807, 2.05) is 26.4 Å². The van der Waals surface area contributed by atoms with Crippen LogP contribution in [0, 0.1) is 6.92 Å². The van der Waals surface area contributed by atoms with E-state index in [4.69, 9.17) is 4.74 Å². The summed E-state index contributed by atoms with van der Waals surface area (Å²) in [6, 6.07) is 4.57. The average Bonchev–Trinajstić information content (AvgIpc) is 2.35. The van der Waals surface area contributed by atoms with Crippen LogP contribution in [0.3, 0.4) is 0 Å². The van der Waals surface area contributed by atoms with Crippen molar-refractivity contribution in [2.75, 3.05) is 14.2 Å². The molecule has 100 valence electrons. The zero-order chi connectivity index (χ0) is 13.0. The Bertz CT molecular complexity index is 382. The lowest BCUT2D eigenvalue weighted by atomic mass is 9.75. The highest BCUT2D eigenvalue weighted by Crippen LogP contribution is 2.39. The largest absolute Gasteiger partial charge is 0.378 e. The van der Waals surface area contributed by atoms with Crippen LogP contribution in [0.2, 0.25) is 0 Å². The molecule has 1 aromatic heterocycles. The number of nitrogens with one attached hydrogen (secondary N) is 1. The first-order chi connectivity index (χ1) is 8.69. The van der Waals surface area contributed by atoms with Crippen molar-refractivity contribution in [2.45, 2.75) is 50.7 Å². The van der Waals surface area contributed by atoms with Crippen LogP contribution in [0.25, 0.3) is 0 Å². The Hall–Kier alpha value is -0.930. The summed E-state index contributed by atoms with van der Waals surface area (Å²) in [6.45, 7) is 2.13. The third kappa shape index (κ3) is 2.90. The first-order valence-corrected chi connectivity index (χ1v) is 6.82. The van der Waals surface area contributed by atoms with E-state index in [1.165, 1.54) is 30.5 Å². The molecule has 3 nitrogen and oxygen atoms in total.